The first-order valence-electron chi connectivity index (χ1n) is 12.4. The van der Waals surface area contributed by atoms with Gasteiger partial charge < -0.3 is 14.0 Å². The molecule has 0 N–H and O–H groups in total. The Balaban J connectivity index is 1.98. The summed E-state index contributed by atoms with van der Waals surface area (Å²) in [4.78, 5) is 18.2. The zero-order chi connectivity index (χ0) is 26.1. The van der Waals surface area contributed by atoms with Crippen molar-refractivity contribution >= 4 is 37.5 Å². The Morgan fingerprint density at radius 1 is 1.00 bits per heavy atom. The number of ether oxygens (including phenoxy) is 2. The highest BCUT2D eigenvalue weighted by Gasteiger charge is 2.23. The standard InChI is InChI=1S/C26H35N3O5S2/c1-5-16-28(17-6-2)36(31,32)21-14-12-20(13-15-21)25(30)27-26-29(18-19-33-7-3)24-22(34-8-4)10-9-11-23(24)35-26/h9-15H,5-8,16-19H2,1-4H3. The number of amides is 1. The molecule has 1 aromatic heterocycles. The molecule has 36 heavy (non-hydrogen) atoms. The molecule has 0 saturated heterocycles. The summed E-state index contributed by atoms with van der Waals surface area (Å²) in [5, 5.41) is 0. The molecule has 0 aliphatic rings. The number of carbonyl (C=O) groups excluding carboxylic acids is 1. The maximum atomic E-state index is 13.1. The lowest BCUT2D eigenvalue weighted by atomic mass is 10.2. The van der Waals surface area contributed by atoms with Crippen molar-refractivity contribution in [2.75, 3.05) is 32.9 Å². The van der Waals surface area contributed by atoms with Gasteiger partial charge in [-0.3, -0.25) is 4.79 Å². The van der Waals surface area contributed by atoms with Crippen LogP contribution in [0.5, 0.6) is 5.75 Å². The fourth-order valence-corrected chi connectivity index (χ4v) is 6.58. The summed E-state index contributed by atoms with van der Waals surface area (Å²) in [6.07, 6.45) is 1.47. The van der Waals surface area contributed by atoms with E-state index >= 15 is 0 Å². The molecule has 196 valence electrons. The van der Waals surface area contributed by atoms with Gasteiger partial charge in [0.1, 0.15) is 11.3 Å². The minimum absolute atomic E-state index is 0.177. The molecule has 1 heterocycles. The van der Waals surface area contributed by atoms with E-state index in [0.29, 0.717) is 49.8 Å². The average Bonchev–Trinajstić information content (AvgIpc) is 3.22. The van der Waals surface area contributed by atoms with Crippen LogP contribution in [0, 0.1) is 0 Å². The summed E-state index contributed by atoms with van der Waals surface area (Å²) in [7, 11) is -3.61. The highest BCUT2D eigenvalue weighted by Crippen LogP contribution is 2.28. The number of hydrogen-bond donors (Lipinski definition) is 0. The second kappa shape index (κ2) is 13.1. The number of aromatic nitrogens is 1. The van der Waals surface area contributed by atoms with Crippen LogP contribution in [0.15, 0.2) is 52.4 Å². The highest BCUT2D eigenvalue weighted by molar-refractivity contribution is 7.89. The van der Waals surface area contributed by atoms with E-state index in [4.69, 9.17) is 9.47 Å². The van der Waals surface area contributed by atoms with E-state index < -0.39 is 15.9 Å². The number of hydrogen-bond acceptors (Lipinski definition) is 6. The first-order valence-corrected chi connectivity index (χ1v) is 14.6. The zero-order valence-electron chi connectivity index (χ0n) is 21.4. The molecule has 0 fully saturated rings. The van der Waals surface area contributed by atoms with Crippen LogP contribution in [-0.4, -0.2) is 56.1 Å². The van der Waals surface area contributed by atoms with Gasteiger partial charge in [0.05, 0.1) is 22.8 Å². The molecule has 0 unspecified atom stereocenters. The van der Waals surface area contributed by atoms with Crippen molar-refractivity contribution in [3.8, 4) is 5.75 Å². The normalized spacial score (nSPS) is 12.5. The largest absolute Gasteiger partial charge is 0.492 e. The molecule has 1 amide bonds. The molecule has 8 nitrogen and oxygen atoms in total. The van der Waals surface area contributed by atoms with Gasteiger partial charge >= 0.3 is 0 Å². The van der Waals surface area contributed by atoms with Gasteiger partial charge in [0.25, 0.3) is 5.91 Å². The van der Waals surface area contributed by atoms with Gasteiger partial charge in [0.15, 0.2) is 4.80 Å². The van der Waals surface area contributed by atoms with Crippen LogP contribution in [0.4, 0.5) is 0 Å². The predicted molar refractivity (Wildman–Crippen MR) is 143 cm³/mol. The highest BCUT2D eigenvalue weighted by atomic mass is 32.2. The lowest BCUT2D eigenvalue weighted by Gasteiger charge is -2.21. The summed E-state index contributed by atoms with van der Waals surface area (Å²) >= 11 is 1.40. The number of sulfonamides is 1. The van der Waals surface area contributed by atoms with Crippen molar-refractivity contribution in [2.24, 2.45) is 4.99 Å². The fraction of sp³-hybridized carbons (Fsp3) is 0.462. The van der Waals surface area contributed by atoms with E-state index in [9.17, 15) is 13.2 Å². The molecule has 0 saturated carbocycles. The van der Waals surface area contributed by atoms with Crippen molar-refractivity contribution in [2.45, 2.75) is 52.0 Å². The number of benzene rings is 2. The second-order valence-electron chi connectivity index (χ2n) is 8.11. The molecule has 10 heteroatoms. The van der Waals surface area contributed by atoms with E-state index in [1.807, 2.05) is 50.5 Å². The SMILES string of the molecule is CCCN(CCC)S(=O)(=O)c1ccc(C(=O)N=c2sc3cccc(OCC)c3n2CCOCC)cc1. The van der Waals surface area contributed by atoms with Crippen LogP contribution in [0.25, 0.3) is 10.2 Å². The smallest absolute Gasteiger partial charge is 0.279 e. The van der Waals surface area contributed by atoms with Crippen molar-refractivity contribution in [1.29, 1.82) is 0 Å². The van der Waals surface area contributed by atoms with Gasteiger partial charge in [-0.2, -0.15) is 9.30 Å². The number of thiazole rings is 1. The van der Waals surface area contributed by atoms with Gasteiger partial charge in [-0.25, -0.2) is 8.42 Å². The molecule has 0 radical (unpaired) electrons. The number of nitrogens with zero attached hydrogens (tertiary/aromatic N) is 3. The van der Waals surface area contributed by atoms with E-state index in [0.717, 1.165) is 28.8 Å². The Labute approximate surface area is 217 Å². The van der Waals surface area contributed by atoms with E-state index in [2.05, 4.69) is 4.99 Å². The molecule has 3 rings (SSSR count). The van der Waals surface area contributed by atoms with E-state index in [1.165, 1.54) is 39.9 Å². The molecule has 3 aromatic rings. The monoisotopic (exact) mass is 533 g/mol. The first kappa shape index (κ1) is 28.0. The average molecular weight is 534 g/mol. The number of fused-ring (bicyclic) bond motifs is 1. The van der Waals surface area contributed by atoms with Crippen molar-refractivity contribution < 1.29 is 22.7 Å². The molecular weight excluding hydrogens is 498 g/mol. The Kier molecular flexibility index (Phi) is 10.2. The molecule has 0 spiro atoms. The first-order chi connectivity index (χ1) is 17.4. The van der Waals surface area contributed by atoms with E-state index in [1.54, 1.807) is 0 Å². The predicted octanol–water partition coefficient (Wildman–Crippen LogP) is 4.69. The van der Waals surface area contributed by atoms with Crippen LogP contribution in [0.2, 0.25) is 0 Å². The third kappa shape index (κ3) is 6.42. The van der Waals surface area contributed by atoms with Gasteiger partial charge in [0.2, 0.25) is 10.0 Å². The van der Waals surface area contributed by atoms with Crippen LogP contribution < -0.4 is 9.54 Å². The fourth-order valence-electron chi connectivity index (χ4n) is 3.88. The number of para-hydroxylation sites is 1. The Morgan fingerprint density at radius 3 is 2.31 bits per heavy atom. The molecule has 0 aliphatic carbocycles. The van der Waals surface area contributed by atoms with Crippen LogP contribution in [0.1, 0.15) is 50.9 Å². The van der Waals surface area contributed by atoms with Crippen molar-refractivity contribution in [3.63, 3.8) is 0 Å². The molecule has 0 aliphatic heterocycles. The number of rotatable bonds is 13. The minimum Gasteiger partial charge on any atom is -0.492 e. The van der Waals surface area contributed by atoms with Crippen molar-refractivity contribution in [3.05, 3.63) is 52.8 Å². The lowest BCUT2D eigenvalue weighted by molar-refractivity contribution is 0.0996. The second-order valence-corrected chi connectivity index (χ2v) is 11.1. The Hall–Kier alpha value is -2.53. The van der Waals surface area contributed by atoms with Crippen LogP contribution >= 0.6 is 11.3 Å². The minimum atomic E-state index is -3.61. The van der Waals surface area contributed by atoms with Gasteiger partial charge in [-0.15, -0.1) is 0 Å². The third-order valence-electron chi connectivity index (χ3n) is 5.51. The summed E-state index contributed by atoms with van der Waals surface area (Å²) in [6, 6.07) is 11.8. The molecular formula is C26H35N3O5S2. The lowest BCUT2D eigenvalue weighted by Crippen LogP contribution is -2.32. The molecule has 0 atom stereocenters. The number of carbonyl (C=O) groups is 1. The quantitative estimate of drug-likeness (QED) is 0.297. The maximum absolute atomic E-state index is 13.1. The zero-order valence-corrected chi connectivity index (χ0v) is 23.0. The van der Waals surface area contributed by atoms with E-state index in [-0.39, 0.29) is 4.90 Å². The molecule has 0 bridgehead atoms. The topological polar surface area (TPSA) is 90.2 Å². The Morgan fingerprint density at radius 2 is 1.69 bits per heavy atom. The van der Waals surface area contributed by atoms with Gasteiger partial charge in [0, 0.05) is 31.8 Å². The summed E-state index contributed by atoms with van der Waals surface area (Å²) < 4.78 is 41.8. The third-order valence-corrected chi connectivity index (χ3v) is 8.47. The summed E-state index contributed by atoms with van der Waals surface area (Å²) in [5.74, 6) is 0.294. The molecule has 2 aromatic carbocycles. The van der Waals surface area contributed by atoms with Gasteiger partial charge in [-0.1, -0.05) is 31.3 Å². The summed E-state index contributed by atoms with van der Waals surface area (Å²) in [5.41, 5.74) is 1.20. The Bertz CT molecular complexity index is 1320. The van der Waals surface area contributed by atoms with Crippen molar-refractivity contribution in [1.82, 2.24) is 8.87 Å². The van der Waals surface area contributed by atoms with Gasteiger partial charge in [-0.05, 0) is 63.1 Å². The van der Waals surface area contributed by atoms with Crippen LogP contribution in [-0.2, 0) is 21.3 Å². The maximum Gasteiger partial charge on any atom is 0.279 e. The summed E-state index contributed by atoms with van der Waals surface area (Å²) in [6.45, 7) is 10.8. The van der Waals surface area contributed by atoms with Crippen LogP contribution in [0.3, 0.4) is 0 Å².